The molecule has 0 bridgehead atoms. The molecule has 10 aromatic rings. The summed E-state index contributed by atoms with van der Waals surface area (Å²) < 4.78 is 0. The molecule has 0 spiro atoms. The second-order valence-corrected chi connectivity index (χ2v) is 13.7. The second-order valence-electron chi connectivity index (χ2n) is 13.7. The number of aromatic nitrogens is 2. The van der Waals surface area contributed by atoms with Gasteiger partial charge in [-0.1, -0.05) is 182 Å². The third-order valence-corrected chi connectivity index (χ3v) is 10.4. The molecular weight excluding hydrogens is 653 g/mol. The first-order valence-corrected chi connectivity index (χ1v) is 18.4. The molecule has 0 aliphatic carbocycles. The van der Waals surface area contributed by atoms with E-state index in [1.165, 1.54) is 38.1 Å². The first-order chi connectivity index (χ1) is 26.8. The second kappa shape index (κ2) is 13.4. The van der Waals surface area contributed by atoms with Crippen LogP contribution in [0.1, 0.15) is 0 Å². The van der Waals surface area contributed by atoms with E-state index in [2.05, 4.69) is 200 Å². The Balaban J connectivity index is 1.32. The average molecular weight is 687 g/mol. The van der Waals surface area contributed by atoms with Gasteiger partial charge in [0.25, 0.3) is 0 Å². The average Bonchev–Trinajstić information content (AvgIpc) is 3.26. The molecule has 0 fully saturated rings. The summed E-state index contributed by atoms with van der Waals surface area (Å²) in [5.74, 6) is 0.694. The predicted molar refractivity (Wildman–Crippen MR) is 227 cm³/mol. The maximum absolute atomic E-state index is 5.46. The Hall–Kier alpha value is -7.16. The van der Waals surface area contributed by atoms with E-state index >= 15 is 0 Å². The van der Waals surface area contributed by atoms with Crippen LogP contribution < -0.4 is 0 Å². The predicted octanol–water partition coefficient (Wildman–Crippen LogP) is 13.9. The van der Waals surface area contributed by atoms with Crippen LogP contribution in [-0.4, -0.2) is 9.97 Å². The molecule has 9 aromatic carbocycles. The number of rotatable bonds is 6. The molecule has 0 radical (unpaired) electrons. The van der Waals surface area contributed by atoms with Crippen LogP contribution in [0.3, 0.4) is 0 Å². The Morgan fingerprint density at radius 3 is 1.33 bits per heavy atom. The molecule has 0 saturated carbocycles. The maximum atomic E-state index is 5.46. The summed E-state index contributed by atoms with van der Waals surface area (Å²) in [6.07, 6.45) is 0. The zero-order chi connectivity index (χ0) is 35.8. The Labute approximate surface area is 314 Å². The first kappa shape index (κ1) is 31.6. The third kappa shape index (κ3) is 5.62. The van der Waals surface area contributed by atoms with Crippen LogP contribution in [-0.2, 0) is 0 Å². The lowest BCUT2D eigenvalue weighted by atomic mass is 9.85. The van der Waals surface area contributed by atoms with E-state index in [0.717, 1.165) is 55.7 Å². The molecule has 2 nitrogen and oxygen atoms in total. The van der Waals surface area contributed by atoms with E-state index < -0.39 is 0 Å². The molecule has 1 heterocycles. The molecule has 0 atom stereocenters. The van der Waals surface area contributed by atoms with Crippen LogP contribution >= 0.6 is 0 Å². The molecule has 0 aliphatic heterocycles. The minimum Gasteiger partial charge on any atom is -0.228 e. The molecule has 0 unspecified atom stereocenters. The van der Waals surface area contributed by atoms with Crippen LogP contribution in [0.15, 0.2) is 206 Å². The highest BCUT2D eigenvalue weighted by Crippen LogP contribution is 2.46. The molecule has 0 saturated heterocycles. The van der Waals surface area contributed by atoms with Crippen molar-refractivity contribution in [2.24, 2.45) is 0 Å². The van der Waals surface area contributed by atoms with Crippen molar-refractivity contribution < 1.29 is 0 Å². The number of hydrogen-bond acceptors (Lipinski definition) is 2. The topological polar surface area (TPSA) is 25.8 Å². The summed E-state index contributed by atoms with van der Waals surface area (Å²) in [5.41, 5.74) is 11.9. The van der Waals surface area contributed by atoms with Gasteiger partial charge in [-0.3, -0.25) is 0 Å². The van der Waals surface area contributed by atoms with Crippen LogP contribution in [0.4, 0.5) is 0 Å². The SMILES string of the molecule is c1ccc(-c2cc(-c3ccccc3)cc(-c3cc(-c4c5ccccc5c(-c5ccccc5)c5ccc6ccccc6c45)nc(-c4ccccc4)n3)c2)cc1. The van der Waals surface area contributed by atoms with Gasteiger partial charge in [0.2, 0.25) is 0 Å². The van der Waals surface area contributed by atoms with E-state index in [9.17, 15) is 0 Å². The fourth-order valence-corrected chi connectivity index (χ4v) is 7.94. The van der Waals surface area contributed by atoms with Gasteiger partial charge in [-0.25, -0.2) is 9.97 Å². The first-order valence-electron chi connectivity index (χ1n) is 18.4. The van der Waals surface area contributed by atoms with Crippen LogP contribution in [0.25, 0.3) is 99.6 Å². The minimum absolute atomic E-state index is 0.694. The lowest BCUT2D eigenvalue weighted by Gasteiger charge is -2.20. The van der Waals surface area contributed by atoms with Crippen LogP contribution in [0.5, 0.6) is 0 Å². The number of nitrogens with zero attached hydrogens (tertiary/aromatic N) is 2. The van der Waals surface area contributed by atoms with Crippen molar-refractivity contribution in [2.45, 2.75) is 0 Å². The monoisotopic (exact) mass is 686 g/mol. The zero-order valence-electron chi connectivity index (χ0n) is 29.5. The lowest BCUT2D eigenvalue weighted by Crippen LogP contribution is -1.99. The largest absolute Gasteiger partial charge is 0.228 e. The van der Waals surface area contributed by atoms with E-state index in [4.69, 9.17) is 9.97 Å². The normalized spacial score (nSPS) is 11.3. The van der Waals surface area contributed by atoms with Crippen molar-refractivity contribution in [1.29, 1.82) is 0 Å². The summed E-state index contributed by atoms with van der Waals surface area (Å²) in [7, 11) is 0. The lowest BCUT2D eigenvalue weighted by molar-refractivity contribution is 1.19. The Kier molecular flexibility index (Phi) is 7.85. The zero-order valence-corrected chi connectivity index (χ0v) is 29.5. The standard InChI is InChI=1S/C52H34N2/c1-5-17-35(18-6-1)40-31-41(36-19-7-2-8-20-36)33-42(32-40)47-34-48(54-52(53-47)39-24-11-4-12-25-39)51-45-28-16-15-27-44(45)49(38-22-9-3-10-23-38)46-30-29-37-21-13-14-26-43(37)50(46)51/h1-34H. The summed E-state index contributed by atoms with van der Waals surface area (Å²) in [4.78, 5) is 10.8. The quantitative estimate of drug-likeness (QED) is 0.129. The van der Waals surface area contributed by atoms with E-state index in [1.807, 2.05) is 6.07 Å². The Bertz CT molecular complexity index is 2900. The van der Waals surface area contributed by atoms with Gasteiger partial charge >= 0.3 is 0 Å². The van der Waals surface area contributed by atoms with E-state index in [1.54, 1.807) is 0 Å². The molecule has 10 rings (SSSR count). The van der Waals surface area contributed by atoms with Gasteiger partial charge in [-0.2, -0.15) is 0 Å². The van der Waals surface area contributed by atoms with Crippen LogP contribution in [0.2, 0.25) is 0 Å². The Morgan fingerprint density at radius 1 is 0.259 bits per heavy atom. The highest BCUT2D eigenvalue weighted by atomic mass is 14.9. The van der Waals surface area contributed by atoms with E-state index in [0.29, 0.717) is 5.82 Å². The maximum Gasteiger partial charge on any atom is 0.160 e. The van der Waals surface area contributed by atoms with Gasteiger partial charge in [0, 0.05) is 22.1 Å². The summed E-state index contributed by atoms with van der Waals surface area (Å²) in [6, 6.07) is 73.4. The molecule has 0 amide bonds. The van der Waals surface area contributed by atoms with Crippen LogP contribution in [0, 0.1) is 0 Å². The van der Waals surface area contributed by atoms with Gasteiger partial charge < -0.3 is 0 Å². The summed E-state index contributed by atoms with van der Waals surface area (Å²) >= 11 is 0. The molecule has 1 aromatic heterocycles. The number of hydrogen-bond donors (Lipinski definition) is 0. The van der Waals surface area contributed by atoms with Crippen molar-refractivity contribution in [1.82, 2.24) is 9.97 Å². The molecule has 0 N–H and O–H groups in total. The van der Waals surface area contributed by atoms with Gasteiger partial charge in [-0.15, -0.1) is 0 Å². The fraction of sp³-hybridized carbons (Fsp3) is 0. The van der Waals surface area contributed by atoms with Gasteiger partial charge in [0.15, 0.2) is 5.82 Å². The summed E-state index contributed by atoms with van der Waals surface area (Å²) in [6.45, 7) is 0. The van der Waals surface area contributed by atoms with Crippen molar-refractivity contribution in [2.75, 3.05) is 0 Å². The third-order valence-electron chi connectivity index (χ3n) is 10.4. The number of benzene rings is 9. The number of fused-ring (bicyclic) bond motifs is 4. The molecule has 0 aliphatic rings. The summed E-state index contributed by atoms with van der Waals surface area (Å²) in [5, 5.41) is 7.14. The van der Waals surface area contributed by atoms with Crippen molar-refractivity contribution in [3.63, 3.8) is 0 Å². The molecule has 252 valence electrons. The van der Waals surface area contributed by atoms with Crippen molar-refractivity contribution in [3.05, 3.63) is 206 Å². The van der Waals surface area contributed by atoms with Gasteiger partial charge in [0.1, 0.15) is 0 Å². The highest BCUT2D eigenvalue weighted by molar-refractivity contribution is 6.27. The van der Waals surface area contributed by atoms with Crippen molar-refractivity contribution in [3.8, 4) is 67.3 Å². The van der Waals surface area contributed by atoms with E-state index in [-0.39, 0.29) is 0 Å². The fourth-order valence-electron chi connectivity index (χ4n) is 7.94. The molecular formula is C52H34N2. The Morgan fingerprint density at radius 2 is 0.722 bits per heavy atom. The minimum atomic E-state index is 0.694. The highest BCUT2D eigenvalue weighted by Gasteiger charge is 2.21. The molecule has 54 heavy (non-hydrogen) atoms. The smallest absolute Gasteiger partial charge is 0.160 e. The van der Waals surface area contributed by atoms with Crippen molar-refractivity contribution >= 4 is 32.3 Å². The van der Waals surface area contributed by atoms with Gasteiger partial charge in [-0.05, 0) is 84.6 Å². The molecule has 2 heteroatoms. The van der Waals surface area contributed by atoms with Gasteiger partial charge in [0.05, 0.1) is 11.4 Å².